The second kappa shape index (κ2) is 10.3. The maximum absolute atomic E-state index is 13.4. The van der Waals surface area contributed by atoms with Gasteiger partial charge in [-0.15, -0.1) is 0 Å². The third-order valence-corrected chi connectivity index (χ3v) is 5.63. The van der Waals surface area contributed by atoms with Gasteiger partial charge in [-0.05, 0) is 66.8 Å². The van der Waals surface area contributed by atoms with Crippen LogP contribution in [0, 0.1) is 6.92 Å². The summed E-state index contributed by atoms with van der Waals surface area (Å²) in [5.74, 6) is 1.62. The Labute approximate surface area is 200 Å². The van der Waals surface area contributed by atoms with Crippen LogP contribution in [0.5, 0.6) is 5.75 Å². The Morgan fingerprint density at radius 1 is 1.06 bits per heavy atom. The van der Waals surface area contributed by atoms with Crippen molar-refractivity contribution < 1.29 is 4.74 Å². The van der Waals surface area contributed by atoms with Crippen LogP contribution in [0.3, 0.4) is 0 Å². The lowest BCUT2D eigenvalue weighted by Gasteiger charge is -2.18. The van der Waals surface area contributed by atoms with Crippen molar-refractivity contribution in [3.8, 4) is 17.1 Å². The molecule has 0 saturated heterocycles. The average molecular weight is 452 g/mol. The Balaban J connectivity index is 1.89. The van der Waals surface area contributed by atoms with Gasteiger partial charge in [0.15, 0.2) is 5.82 Å². The van der Waals surface area contributed by atoms with E-state index in [0.29, 0.717) is 23.3 Å². The molecule has 5 nitrogen and oxygen atoms in total. The van der Waals surface area contributed by atoms with E-state index in [9.17, 15) is 4.79 Å². The summed E-state index contributed by atoms with van der Waals surface area (Å²) in [6, 6.07) is 21.4. The van der Waals surface area contributed by atoms with E-state index < -0.39 is 0 Å². The van der Waals surface area contributed by atoms with Crippen LogP contribution >= 0.6 is 0 Å². The Bertz CT molecular complexity index is 1420. The van der Waals surface area contributed by atoms with Gasteiger partial charge in [-0.3, -0.25) is 4.79 Å². The van der Waals surface area contributed by atoms with Gasteiger partial charge in [-0.1, -0.05) is 62.4 Å². The van der Waals surface area contributed by atoms with Crippen molar-refractivity contribution in [2.45, 2.75) is 33.6 Å². The monoisotopic (exact) mass is 451 g/mol. The largest absolute Gasteiger partial charge is 0.494 e. The van der Waals surface area contributed by atoms with Crippen molar-refractivity contribution in [1.82, 2.24) is 9.66 Å². The van der Waals surface area contributed by atoms with Crippen LogP contribution < -0.4 is 10.3 Å². The normalized spacial score (nSPS) is 11.8. The standard InChI is InChI=1S/C29H29N3O2/c1-5-34-27-18-21(4)25(19-24(27)20(2)3)28-31-26-16-10-9-15-23(26)29(33)32(28)30-17-11-14-22-12-7-6-8-13-22/h6-20H,5H2,1-4H3/b14-11+,30-17?. The van der Waals surface area contributed by atoms with E-state index in [1.807, 2.05) is 80.6 Å². The number of hydrogen-bond donors (Lipinski definition) is 0. The lowest BCUT2D eigenvalue weighted by atomic mass is 9.96. The van der Waals surface area contributed by atoms with Crippen molar-refractivity contribution in [3.63, 3.8) is 0 Å². The minimum atomic E-state index is -0.204. The summed E-state index contributed by atoms with van der Waals surface area (Å²) >= 11 is 0. The number of rotatable bonds is 7. The molecule has 172 valence electrons. The molecule has 0 bridgehead atoms. The molecule has 0 N–H and O–H groups in total. The summed E-state index contributed by atoms with van der Waals surface area (Å²) < 4.78 is 7.28. The molecule has 0 unspecified atom stereocenters. The zero-order chi connectivity index (χ0) is 24.1. The highest BCUT2D eigenvalue weighted by atomic mass is 16.5. The molecule has 4 rings (SSSR count). The molecule has 0 atom stereocenters. The molecule has 0 aliphatic heterocycles. The van der Waals surface area contributed by atoms with Gasteiger partial charge in [-0.2, -0.15) is 9.78 Å². The molecule has 0 spiro atoms. The van der Waals surface area contributed by atoms with Crippen LogP contribution in [0.4, 0.5) is 0 Å². The van der Waals surface area contributed by atoms with Crippen molar-refractivity contribution in [2.75, 3.05) is 6.61 Å². The van der Waals surface area contributed by atoms with Gasteiger partial charge in [0, 0.05) is 11.8 Å². The van der Waals surface area contributed by atoms with Gasteiger partial charge in [-0.25, -0.2) is 4.98 Å². The lowest BCUT2D eigenvalue weighted by molar-refractivity contribution is 0.335. The number of nitrogens with zero attached hydrogens (tertiary/aromatic N) is 3. The molecule has 0 amide bonds. The van der Waals surface area contributed by atoms with Gasteiger partial charge in [0.1, 0.15) is 5.75 Å². The summed E-state index contributed by atoms with van der Waals surface area (Å²) in [6.45, 7) is 8.84. The van der Waals surface area contributed by atoms with Gasteiger partial charge < -0.3 is 4.74 Å². The summed E-state index contributed by atoms with van der Waals surface area (Å²) in [7, 11) is 0. The summed E-state index contributed by atoms with van der Waals surface area (Å²) in [5, 5.41) is 5.05. The molecule has 0 saturated carbocycles. The molecule has 34 heavy (non-hydrogen) atoms. The van der Waals surface area contributed by atoms with Gasteiger partial charge >= 0.3 is 0 Å². The number of hydrogen-bond acceptors (Lipinski definition) is 4. The minimum Gasteiger partial charge on any atom is -0.494 e. The first kappa shape index (κ1) is 23.2. The number of para-hydroxylation sites is 1. The molecule has 0 aliphatic rings. The Morgan fingerprint density at radius 2 is 1.79 bits per heavy atom. The topological polar surface area (TPSA) is 56.5 Å². The van der Waals surface area contributed by atoms with Crippen LogP contribution in [-0.4, -0.2) is 22.5 Å². The Hall–Kier alpha value is -3.99. The van der Waals surface area contributed by atoms with E-state index in [0.717, 1.165) is 28.0 Å². The predicted molar refractivity (Wildman–Crippen MR) is 141 cm³/mol. The van der Waals surface area contributed by atoms with E-state index in [-0.39, 0.29) is 11.5 Å². The van der Waals surface area contributed by atoms with E-state index in [1.165, 1.54) is 4.68 Å². The van der Waals surface area contributed by atoms with Crippen molar-refractivity contribution >= 4 is 23.2 Å². The summed E-state index contributed by atoms with van der Waals surface area (Å²) in [5.41, 5.74) is 4.40. The molecular weight excluding hydrogens is 422 g/mol. The predicted octanol–water partition coefficient (Wildman–Crippen LogP) is 6.44. The second-order valence-electron chi connectivity index (χ2n) is 8.40. The number of aryl methyl sites for hydroxylation is 1. The fraction of sp³-hybridized carbons (Fsp3) is 0.207. The van der Waals surface area contributed by atoms with Gasteiger partial charge in [0.25, 0.3) is 5.56 Å². The van der Waals surface area contributed by atoms with Crippen LogP contribution in [0.25, 0.3) is 28.4 Å². The van der Waals surface area contributed by atoms with Crippen molar-refractivity contribution in [1.29, 1.82) is 0 Å². The van der Waals surface area contributed by atoms with E-state index in [2.05, 4.69) is 25.0 Å². The highest BCUT2D eigenvalue weighted by Gasteiger charge is 2.18. The fourth-order valence-corrected chi connectivity index (χ4v) is 3.90. The van der Waals surface area contributed by atoms with Crippen LogP contribution in [0.15, 0.2) is 82.7 Å². The first-order valence-corrected chi connectivity index (χ1v) is 11.5. The van der Waals surface area contributed by atoms with E-state index >= 15 is 0 Å². The zero-order valence-electron chi connectivity index (χ0n) is 20.0. The van der Waals surface area contributed by atoms with Crippen LogP contribution in [-0.2, 0) is 0 Å². The molecule has 0 radical (unpaired) electrons. The van der Waals surface area contributed by atoms with Crippen molar-refractivity contribution in [3.05, 3.63) is 99.9 Å². The van der Waals surface area contributed by atoms with Gasteiger partial charge in [0.05, 0.1) is 17.5 Å². The van der Waals surface area contributed by atoms with Gasteiger partial charge in [0.2, 0.25) is 0 Å². The minimum absolute atomic E-state index is 0.204. The molecule has 1 aromatic heterocycles. The molecule has 4 aromatic rings. The quantitative estimate of drug-likeness (QED) is 0.304. The third kappa shape index (κ3) is 4.84. The first-order valence-electron chi connectivity index (χ1n) is 11.5. The second-order valence-corrected chi connectivity index (χ2v) is 8.40. The van der Waals surface area contributed by atoms with E-state index in [4.69, 9.17) is 9.72 Å². The Morgan fingerprint density at radius 3 is 2.53 bits per heavy atom. The third-order valence-electron chi connectivity index (χ3n) is 5.63. The number of fused-ring (bicyclic) bond motifs is 1. The van der Waals surface area contributed by atoms with Crippen LogP contribution in [0.2, 0.25) is 0 Å². The summed E-state index contributed by atoms with van der Waals surface area (Å²) in [4.78, 5) is 18.3. The molecule has 0 aliphatic carbocycles. The zero-order valence-corrected chi connectivity index (χ0v) is 20.0. The molecule has 1 heterocycles. The first-order chi connectivity index (χ1) is 16.5. The number of allylic oxidation sites excluding steroid dienone is 1. The number of aromatic nitrogens is 2. The number of benzene rings is 3. The number of ether oxygens (including phenoxy) is 1. The fourth-order valence-electron chi connectivity index (χ4n) is 3.90. The molecule has 3 aromatic carbocycles. The van der Waals surface area contributed by atoms with E-state index in [1.54, 1.807) is 12.3 Å². The highest BCUT2D eigenvalue weighted by molar-refractivity contribution is 5.82. The summed E-state index contributed by atoms with van der Waals surface area (Å²) in [6.07, 6.45) is 5.40. The van der Waals surface area contributed by atoms with Crippen LogP contribution in [0.1, 0.15) is 43.4 Å². The lowest BCUT2D eigenvalue weighted by Crippen LogP contribution is -2.20. The average Bonchev–Trinajstić information content (AvgIpc) is 2.84. The Kier molecular flexibility index (Phi) is 7.02. The maximum atomic E-state index is 13.4. The highest BCUT2D eigenvalue weighted by Crippen LogP contribution is 2.34. The molecular formula is C29H29N3O2. The smallest absolute Gasteiger partial charge is 0.282 e. The molecule has 5 heteroatoms. The molecule has 0 fully saturated rings. The maximum Gasteiger partial charge on any atom is 0.282 e. The van der Waals surface area contributed by atoms with Crippen molar-refractivity contribution in [2.24, 2.45) is 5.10 Å². The SMILES string of the molecule is CCOc1cc(C)c(-c2nc3ccccc3c(=O)n2N=C/C=C/c2ccccc2)cc1C(C)C.